The summed E-state index contributed by atoms with van der Waals surface area (Å²) in [6.45, 7) is 9.79. The van der Waals surface area contributed by atoms with Crippen molar-refractivity contribution in [1.29, 1.82) is 5.26 Å². The molecule has 1 rings (SSSR count). The molecule has 0 atom stereocenters. The minimum Gasteiger partial charge on any atom is -0.237 e. The highest BCUT2D eigenvalue weighted by molar-refractivity contribution is 5.22. The molecule has 0 aliphatic heterocycles. The molecule has 0 spiro atoms. The van der Waals surface area contributed by atoms with E-state index in [2.05, 4.69) is 29.9 Å². The maximum absolute atomic E-state index is 9.04. The topological polar surface area (TPSA) is 49.6 Å². The summed E-state index contributed by atoms with van der Waals surface area (Å²) in [6, 6.07) is 4.20. The summed E-state index contributed by atoms with van der Waals surface area (Å²) in [4.78, 5) is 8.77. The Morgan fingerprint density at radius 1 is 1.33 bits per heavy atom. The molecule has 3 nitrogen and oxygen atoms in total. The van der Waals surface area contributed by atoms with E-state index in [0.29, 0.717) is 11.7 Å². The van der Waals surface area contributed by atoms with Crippen molar-refractivity contribution in [1.82, 2.24) is 9.97 Å². The highest BCUT2D eigenvalue weighted by Gasteiger charge is 2.24. The molecular formula is C12H17N3. The van der Waals surface area contributed by atoms with Gasteiger partial charge in [-0.1, -0.05) is 13.8 Å². The van der Waals surface area contributed by atoms with Crippen molar-refractivity contribution in [2.75, 3.05) is 0 Å². The van der Waals surface area contributed by atoms with Crippen LogP contribution in [0, 0.1) is 18.3 Å². The maximum atomic E-state index is 9.04. The Labute approximate surface area is 91.2 Å². The van der Waals surface area contributed by atoms with Gasteiger partial charge in [0.15, 0.2) is 0 Å². The van der Waals surface area contributed by atoms with E-state index in [9.17, 15) is 0 Å². The van der Waals surface area contributed by atoms with Gasteiger partial charge in [-0.25, -0.2) is 9.97 Å². The second kappa shape index (κ2) is 3.98. The molecule has 0 N–H and O–H groups in total. The van der Waals surface area contributed by atoms with E-state index in [-0.39, 0.29) is 0 Å². The van der Waals surface area contributed by atoms with Crippen LogP contribution < -0.4 is 0 Å². The quantitative estimate of drug-likeness (QED) is 0.742. The lowest BCUT2D eigenvalue weighted by molar-refractivity contribution is 0.612. The van der Waals surface area contributed by atoms with Crippen molar-refractivity contribution in [3.8, 4) is 6.07 Å². The second-order valence-electron chi connectivity index (χ2n) is 4.65. The van der Waals surface area contributed by atoms with Crippen LogP contribution in [0.5, 0.6) is 0 Å². The number of nitrogens with zero attached hydrogens (tertiary/aromatic N) is 3. The maximum Gasteiger partial charge on any atom is 0.148 e. The van der Waals surface area contributed by atoms with Crippen LogP contribution in [0.25, 0.3) is 0 Å². The minimum absolute atomic E-state index is 0.361. The van der Waals surface area contributed by atoms with Crippen molar-refractivity contribution >= 4 is 0 Å². The summed E-state index contributed by atoms with van der Waals surface area (Å²) in [5.41, 5.74) is 1.31. The summed E-state index contributed by atoms with van der Waals surface area (Å²) in [5.74, 6) is 0.980. The molecule has 1 aromatic rings. The van der Waals surface area contributed by atoms with Crippen LogP contribution >= 0.6 is 0 Å². The highest BCUT2D eigenvalue weighted by atomic mass is 14.9. The van der Waals surface area contributed by atoms with Crippen molar-refractivity contribution in [2.24, 2.45) is 0 Å². The van der Waals surface area contributed by atoms with E-state index < -0.39 is 5.41 Å². The first-order valence-corrected chi connectivity index (χ1v) is 5.14. The van der Waals surface area contributed by atoms with Gasteiger partial charge in [0.25, 0.3) is 0 Å². The zero-order chi connectivity index (χ0) is 11.6. The molecule has 15 heavy (non-hydrogen) atoms. The molecule has 0 bridgehead atoms. The van der Waals surface area contributed by atoms with E-state index in [1.54, 1.807) is 0 Å². The van der Waals surface area contributed by atoms with Crippen LogP contribution in [0.1, 0.15) is 50.8 Å². The lowest BCUT2D eigenvalue weighted by Gasteiger charge is -2.16. The first-order valence-electron chi connectivity index (χ1n) is 5.14. The van der Waals surface area contributed by atoms with Gasteiger partial charge < -0.3 is 0 Å². The number of aryl methyl sites for hydroxylation is 1. The van der Waals surface area contributed by atoms with E-state index in [1.165, 1.54) is 0 Å². The summed E-state index contributed by atoms with van der Waals surface area (Å²) >= 11 is 0. The molecule has 0 aromatic carbocycles. The third kappa shape index (κ3) is 2.53. The molecule has 3 heteroatoms. The highest BCUT2D eigenvalue weighted by Crippen LogP contribution is 2.21. The minimum atomic E-state index is -0.615. The van der Waals surface area contributed by atoms with Crippen LogP contribution in [0.4, 0.5) is 0 Å². The van der Waals surface area contributed by atoms with E-state index in [0.717, 1.165) is 11.4 Å². The van der Waals surface area contributed by atoms with E-state index in [1.807, 2.05) is 26.8 Å². The van der Waals surface area contributed by atoms with Crippen LogP contribution in [0.15, 0.2) is 6.07 Å². The van der Waals surface area contributed by atoms with Gasteiger partial charge in [-0.2, -0.15) is 5.26 Å². The molecule has 0 unspecified atom stereocenters. The number of hydrogen-bond donors (Lipinski definition) is 0. The van der Waals surface area contributed by atoms with Crippen molar-refractivity contribution < 1.29 is 0 Å². The van der Waals surface area contributed by atoms with Crippen LogP contribution in [0.3, 0.4) is 0 Å². The Bertz CT molecular complexity index is 400. The Morgan fingerprint density at radius 3 is 2.40 bits per heavy atom. The zero-order valence-electron chi connectivity index (χ0n) is 10.00. The standard InChI is InChI=1S/C12H17N3/c1-8(2)10-6-9(3)14-11(15-10)12(4,5)7-13/h6,8H,1-5H3. The predicted molar refractivity (Wildman–Crippen MR) is 59.5 cm³/mol. The molecule has 0 radical (unpaired) electrons. The largest absolute Gasteiger partial charge is 0.237 e. The van der Waals surface area contributed by atoms with Gasteiger partial charge in [0.2, 0.25) is 0 Å². The van der Waals surface area contributed by atoms with Crippen molar-refractivity contribution in [3.05, 3.63) is 23.3 Å². The van der Waals surface area contributed by atoms with Crippen molar-refractivity contribution in [2.45, 2.75) is 46.0 Å². The smallest absolute Gasteiger partial charge is 0.148 e. The van der Waals surface area contributed by atoms with Gasteiger partial charge in [0.05, 0.1) is 6.07 Å². The Morgan fingerprint density at radius 2 is 1.93 bits per heavy atom. The number of hydrogen-bond acceptors (Lipinski definition) is 3. The van der Waals surface area contributed by atoms with Crippen LogP contribution in [-0.4, -0.2) is 9.97 Å². The third-order valence-electron chi connectivity index (χ3n) is 2.30. The number of aromatic nitrogens is 2. The first kappa shape index (κ1) is 11.6. The molecule has 0 saturated heterocycles. The first-order chi connectivity index (χ1) is 6.86. The van der Waals surface area contributed by atoms with Crippen molar-refractivity contribution in [3.63, 3.8) is 0 Å². The van der Waals surface area contributed by atoms with Gasteiger partial charge in [0, 0.05) is 11.4 Å². The Kier molecular flexibility index (Phi) is 3.09. The lowest BCUT2D eigenvalue weighted by atomic mass is 9.94. The Hall–Kier alpha value is -1.43. The van der Waals surface area contributed by atoms with Gasteiger partial charge in [0.1, 0.15) is 11.2 Å². The van der Waals surface area contributed by atoms with Crippen LogP contribution in [-0.2, 0) is 5.41 Å². The van der Waals surface area contributed by atoms with Gasteiger partial charge in [-0.15, -0.1) is 0 Å². The normalized spacial score (nSPS) is 11.5. The zero-order valence-corrected chi connectivity index (χ0v) is 10.00. The summed E-state index contributed by atoms with van der Waals surface area (Å²) in [7, 11) is 0. The molecule has 0 aliphatic rings. The third-order valence-corrected chi connectivity index (χ3v) is 2.30. The number of rotatable bonds is 2. The van der Waals surface area contributed by atoms with E-state index in [4.69, 9.17) is 5.26 Å². The average Bonchev–Trinajstić information content (AvgIpc) is 2.16. The molecule has 1 aromatic heterocycles. The van der Waals surface area contributed by atoms with Gasteiger partial charge in [-0.05, 0) is 32.8 Å². The lowest BCUT2D eigenvalue weighted by Crippen LogP contribution is -2.20. The molecule has 0 saturated carbocycles. The Balaban J connectivity index is 3.28. The molecule has 0 fully saturated rings. The molecular weight excluding hydrogens is 186 g/mol. The summed E-state index contributed by atoms with van der Waals surface area (Å²) in [6.07, 6.45) is 0. The average molecular weight is 203 g/mol. The molecule has 1 heterocycles. The van der Waals surface area contributed by atoms with Crippen LogP contribution in [0.2, 0.25) is 0 Å². The second-order valence-corrected chi connectivity index (χ2v) is 4.65. The molecule has 0 aliphatic carbocycles. The predicted octanol–water partition coefficient (Wildman–Crippen LogP) is 2.71. The fourth-order valence-corrected chi connectivity index (χ4v) is 1.22. The van der Waals surface area contributed by atoms with E-state index >= 15 is 0 Å². The summed E-state index contributed by atoms with van der Waals surface area (Å²) < 4.78 is 0. The monoisotopic (exact) mass is 203 g/mol. The van der Waals surface area contributed by atoms with Gasteiger partial charge >= 0.3 is 0 Å². The molecule has 0 amide bonds. The fraction of sp³-hybridized carbons (Fsp3) is 0.583. The SMILES string of the molecule is Cc1cc(C(C)C)nc(C(C)(C)C#N)n1. The molecule has 80 valence electrons. The summed E-state index contributed by atoms with van der Waals surface area (Å²) in [5, 5.41) is 9.04. The fourth-order valence-electron chi connectivity index (χ4n) is 1.22. The number of nitriles is 1. The van der Waals surface area contributed by atoms with Gasteiger partial charge in [-0.3, -0.25) is 0 Å².